The van der Waals surface area contributed by atoms with Gasteiger partial charge >= 0.3 is 6.09 Å². The summed E-state index contributed by atoms with van der Waals surface area (Å²) in [5.41, 5.74) is 4.73. The van der Waals surface area contributed by atoms with Gasteiger partial charge in [0, 0.05) is 11.3 Å². The van der Waals surface area contributed by atoms with E-state index in [0.29, 0.717) is 16.8 Å². The van der Waals surface area contributed by atoms with Crippen LogP contribution in [0.5, 0.6) is 5.75 Å². The van der Waals surface area contributed by atoms with E-state index in [1.807, 2.05) is 71.0 Å². The van der Waals surface area contributed by atoms with Gasteiger partial charge in [-0.25, -0.2) is 14.3 Å². The van der Waals surface area contributed by atoms with Crippen LogP contribution < -0.4 is 10.1 Å². The van der Waals surface area contributed by atoms with Crippen LogP contribution in [0.25, 0.3) is 22.2 Å². The second kappa shape index (κ2) is 8.03. The fourth-order valence-electron chi connectivity index (χ4n) is 3.54. The molecule has 0 saturated heterocycles. The Morgan fingerprint density at radius 2 is 1.84 bits per heavy atom. The Morgan fingerprint density at radius 3 is 2.44 bits per heavy atom. The lowest BCUT2D eigenvalue weighted by Crippen LogP contribution is -2.26. The molecule has 166 valence electrons. The molecule has 0 atom stereocenters. The first-order valence-electron chi connectivity index (χ1n) is 10.2. The molecule has 1 N–H and O–H groups in total. The Kier molecular flexibility index (Phi) is 5.38. The molecular weight excluding hydrogens is 408 g/mol. The van der Waals surface area contributed by atoms with Crippen molar-refractivity contribution < 1.29 is 18.8 Å². The number of fused-ring (bicyclic) bond motifs is 1. The number of methoxy groups -OCH3 is 1. The summed E-state index contributed by atoms with van der Waals surface area (Å²) in [5, 5.41) is 7.48. The number of ether oxygens (including phenoxy) is 2. The molecule has 0 aliphatic carbocycles. The number of carbonyl (C=O) groups is 1. The Labute approximate surface area is 186 Å². The van der Waals surface area contributed by atoms with E-state index in [2.05, 4.69) is 15.5 Å². The highest BCUT2D eigenvalue weighted by atomic mass is 16.6. The van der Waals surface area contributed by atoms with Gasteiger partial charge in [-0.05, 0) is 76.6 Å². The van der Waals surface area contributed by atoms with Crippen molar-refractivity contribution in [3.8, 4) is 16.9 Å². The Bertz CT molecular complexity index is 1260. The van der Waals surface area contributed by atoms with Crippen molar-refractivity contribution in [1.29, 1.82) is 0 Å². The normalized spacial score (nSPS) is 11.6. The summed E-state index contributed by atoms with van der Waals surface area (Å²) in [6.45, 7) is 9.24. The lowest BCUT2D eigenvalue weighted by atomic mass is 10.0. The predicted octanol–water partition coefficient (Wildman–Crippen LogP) is 5.84. The standard InChI is InChI=1S/C24H26N4O4/c1-14-21(15(2)32-27-14)16-11-19(26-17-7-9-18(30-6)10-8-17)22-20(12-16)28(13-25-22)23(29)31-24(3,4)5/h7-13,26H,1-6H3. The van der Waals surface area contributed by atoms with Crippen molar-refractivity contribution in [1.82, 2.24) is 14.7 Å². The fourth-order valence-corrected chi connectivity index (χ4v) is 3.54. The summed E-state index contributed by atoms with van der Waals surface area (Å²) in [4.78, 5) is 17.3. The molecule has 0 aliphatic rings. The van der Waals surface area contributed by atoms with Gasteiger partial charge in [0.25, 0.3) is 0 Å². The highest BCUT2D eigenvalue weighted by Crippen LogP contribution is 2.35. The average molecular weight is 434 g/mol. The Balaban J connectivity index is 1.86. The quantitative estimate of drug-likeness (QED) is 0.431. The van der Waals surface area contributed by atoms with Gasteiger partial charge in [0.05, 0.1) is 24.0 Å². The summed E-state index contributed by atoms with van der Waals surface area (Å²) >= 11 is 0. The van der Waals surface area contributed by atoms with Crippen LogP contribution in [-0.2, 0) is 4.74 Å². The van der Waals surface area contributed by atoms with E-state index in [1.54, 1.807) is 7.11 Å². The summed E-state index contributed by atoms with van der Waals surface area (Å²) in [6.07, 6.45) is 0.987. The van der Waals surface area contributed by atoms with Crippen LogP contribution in [-0.4, -0.2) is 33.5 Å². The maximum atomic E-state index is 12.8. The summed E-state index contributed by atoms with van der Waals surface area (Å²) in [6, 6.07) is 11.5. The van der Waals surface area contributed by atoms with Gasteiger partial charge < -0.3 is 19.3 Å². The largest absolute Gasteiger partial charge is 0.497 e. The molecule has 4 rings (SSSR count). The molecule has 32 heavy (non-hydrogen) atoms. The number of imidazole rings is 1. The van der Waals surface area contributed by atoms with Gasteiger partial charge in [-0.3, -0.25) is 0 Å². The molecule has 0 radical (unpaired) electrons. The second-order valence-corrected chi connectivity index (χ2v) is 8.54. The molecule has 2 aromatic carbocycles. The van der Waals surface area contributed by atoms with E-state index >= 15 is 0 Å². The number of rotatable bonds is 4. The molecule has 2 aromatic heterocycles. The van der Waals surface area contributed by atoms with Crippen molar-refractivity contribution in [2.75, 3.05) is 12.4 Å². The minimum Gasteiger partial charge on any atom is -0.497 e. The van der Waals surface area contributed by atoms with Gasteiger partial charge in [0.2, 0.25) is 0 Å². The van der Waals surface area contributed by atoms with Crippen molar-refractivity contribution in [2.24, 2.45) is 0 Å². The van der Waals surface area contributed by atoms with E-state index in [1.165, 1.54) is 10.9 Å². The predicted molar refractivity (Wildman–Crippen MR) is 123 cm³/mol. The number of hydrogen-bond donors (Lipinski definition) is 1. The minimum absolute atomic E-state index is 0.494. The van der Waals surface area contributed by atoms with Crippen molar-refractivity contribution in [3.05, 3.63) is 54.2 Å². The number of benzene rings is 2. The maximum Gasteiger partial charge on any atom is 0.420 e. The molecular formula is C24H26N4O4. The summed E-state index contributed by atoms with van der Waals surface area (Å²) in [5.74, 6) is 1.46. The number of aryl methyl sites for hydroxylation is 2. The van der Waals surface area contributed by atoms with Crippen LogP contribution in [0.4, 0.5) is 16.2 Å². The van der Waals surface area contributed by atoms with Crippen LogP contribution in [0.15, 0.2) is 47.2 Å². The topological polar surface area (TPSA) is 91.4 Å². The zero-order chi connectivity index (χ0) is 23.0. The molecule has 0 saturated carbocycles. The highest BCUT2D eigenvalue weighted by Gasteiger charge is 2.22. The number of anilines is 2. The van der Waals surface area contributed by atoms with Crippen LogP contribution in [0.2, 0.25) is 0 Å². The summed E-state index contributed by atoms with van der Waals surface area (Å²) in [7, 11) is 1.63. The van der Waals surface area contributed by atoms with E-state index < -0.39 is 11.7 Å². The third-order valence-electron chi connectivity index (χ3n) is 4.93. The summed E-state index contributed by atoms with van der Waals surface area (Å²) < 4.78 is 17.6. The Morgan fingerprint density at radius 1 is 1.12 bits per heavy atom. The van der Waals surface area contributed by atoms with Gasteiger partial charge in [-0.1, -0.05) is 5.16 Å². The van der Waals surface area contributed by atoms with Crippen LogP contribution in [0.1, 0.15) is 32.2 Å². The first-order chi connectivity index (χ1) is 15.2. The molecule has 0 aliphatic heterocycles. The zero-order valence-electron chi connectivity index (χ0n) is 19.0. The zero-order valence-corrected chi connectivity index (χ0v) is 19.0. The fraction of sp³-hybridized carbons (Fsp3) is 0.292. The van der Waals surface area contributed by atoms with Gasteiger partial charge in [0.15, 0.2) is 0 Å². The maximum absolute atomic E-state index is 12.8. The van der Waals surface area contributed by atoms with Gasteiger partial charge in [-0.2, -0.15) is 0 Å². The highest BCUT2D eigenvalue weighted by molar-refractivity contribution is 5.98. The lowest BCUT2D eigenvalue weighted by molar-refractivity contribution is 0.0543. The molecule has 8 heteroatoms. The number of nitrogens with zero attached hydrogens (tertiary/aromatic N) is 3. The van der Waals surface area contributed by atoms with Gasteiger partial charge in [0.1, 0.15) is 29.0 Å². The number of aromatic nitrogens is 3. The molecule has 4 aromatic rings. The third-order valence-corrected chi connectivity index (χ3v) is 4.93. The smallest absolute Gasteiger partial charge is 0.420 e. The minimum atomic E-state index is -0.628. The first kappa shape index (κ1) is 21.4. The lowest BCUT2D eigenvalue weighted by Gasteiger charge is -2.19. The van der Waals surface area contributed by atoms with E-state index in [4.69, 9.17) is 14.0 Å². The van der Waals surface area contributed by atoms with Crippen molar-refractivity contribution in [2.45, 2.75) is 40.2 Å². The molecule has 0 fully saturated rings. The Hall–Kier alpha value is -3.81. The van der Waals surface area contributed by atoms with Crippen LogP contribution in [0, 0.1) is 13.8 Å². The van der Waals surface area contributed by atoms with E-state index in [9.17, 15) is 4.79 Å². The number of nitrogens with one attached hydrogen (secondary N) is 1. The van der Waals surface area contributed by atoms with Crippen LogP contribution >= 0.6 is 0 Å². The second-order valence-electron chi connectivity index (χ2n) is 8.54. The number of carbonyl (C=O) groups excluding carboxylic acids is 1. The first-order valence-corrected chi connectivity index (χ1v) is 10.2. The van der Waals surface area contributed by atoms with E-state index in [-0.39, 0.29) is 0 Å². The van der Waals surface area contributed by atoms with Gasteiger partial charge in [-0.15, -0.1) is 0 Å². The number of hydrogen-bond acceptors (Lipinski definition) is 7. The molecule has 0 amide bonds. The van der Waals surface area contributed by atoms with Crippen molar-refractivity contribution >= 4 is 28.5 Å². The van der Waals surface area contributed by atoms with E-state index in [0.717, 1.165) is 33.9 Å². The average Bonchev–Trinajstić information content (AvgIpc) is 3.30. The molecule has 8 nitrogen and oxygen atoms in total. The molecule has 0 bridgehead atoms. The molecule has 2 heterocycles. The molecule has 0 spiro atoms. The third kappa shape index (κ3) is 4.16. The SMILES string of the molecule is COc1ccc(Nc2cc(-c3c(C)noc3C)cc3c2ncn3C(=O)OC(C)(C)C)cc1. The monoisotopic (exact) mass is 434 g/mol. The van der Waals surface area contributed by atoms with Crippen LogP contribution in [0.3, 0.4) is 0 Å². The molecule has 0 unspecified atom stereocenters. The van der Waals surface area contributed by atoms with Crippen molar-refractivity contribution in [3.63, 3.8) is 0 Å².